The zero-order valence-electron chi connectivity index (χ0n) is 16.5. The second kappa shape index (κ2) is 8.14. The van der Waals surface area contributed by atoms with Gasteiger partial charge < -0.3 is 10.6 Å². The van der Waals surface area contributed by atoms with Gasteiger partial charge in [-0.2, -0.15) is 0 Å². The molecule has 0 saturated carbocycles. The zero-order valence-corrected chi connectivity index (χ0v) is 16.5. The SMILES string of the molecule is Cc1cc(C)cc(NC(=O)NCCc2nc3cccnc3n2-c2ccccc2)c1. The van der Waals surface area contributed by atoms with Crippen molar-refractivity contribution in [2.75, 3.05) is 11.9 Å². The lowest BCUT2D eigenvalue weighted by Crippen LogP contribution is -2.31. The average molecular weight is 385 g/mol. The summed E-state index contributed by atoms with van der Waals surface area (Å²) in [5.74, 6) is 0.858. The van der Waals surface area contributed by atoms with E-state index in [1.54, 1.807) is 6.20 Å². The van der Waals surface area contributed by atoms with E-state index in [2.05, 4.69) is 21.7 Å². The molecule has 2 N–H and O–H groups in total. The Bertz CT molecular complexity index is 1130. The van der Waals surface area contributed by atoms with Gasteiger partial charge >= 0.3 is 6.03 Å². The van der Waals surface area contributed by atoms with E-state index in [4.69, 9.17) is 4.98 Å². The summed E-state index contributed by atoms with van der Waals surface area (Å²) in [6.45, 7) is 4.49. The topological polar surface area (TPSA) is 71.8 Å². The van der Waals surface area contributed by atoms with Crippen LogP contribution in [0.25, 0.3) is 16.9 Å². The number of carbonyl (C=O) groups excluding carboxylic acids is 1. The van der Waals surface area contributed by atoms with Crippen molar-refractivity contribution in [1.82, 2.24) is 19.9 Å². The maximum atomic E-state index is 12.3. The number of urea groups is 1. The first-order valence-electron chi connectivity index (χ1n) is 9.61. The molecule has 0 bridgehead atoms. The van der Waals surface area contributed by atoms with Crippen molar-refractivity contribution in [2.45, 2.75) is 20.3 Å². The molecular weight excluding hydrogens is 362 g/mol. The van der Waals surface area contributed by atoms with Crippen molar-refractivity contribution >= 4 is 22.9 Å². The molecule has 146 valence electrons. The van der Waals surface area contributed by atoms with Crippen LogP contribution < -0.4 is 10.6 Å². The molecule has 0 saturated heterocycles. The fraction of sp³-hybridized carbons (Fsp3) is 0.174. The van der Waals surface area contributed by atoms with Gasteiger partial charge in [0.1, 0.15) is 11.3 Å². The van der Waals surface area contributed by atoms with Gasteiger partial charge in [-0.3, -0.25) is 4.57 Å². The van der Waals surface area contributed by atoms with Gasteiger partial charge in [0, 0.05) is 30.5 Å². The Morgan fingerprint density at radius 3 is 2.52 bits per heavy atom. The Hall–Kier alpha value is -3.67. The van der Waals surface area contributed by atoms with Crippen LogP contribution in [0.2, 0.25) is 0 Å². The van der Waals surface area contributed by atoms with Crippen LogP contribution in [-0.2, 0) is 6.42 Å². The Labute approximate surface area is 169 Å². The Kier molecular flexibility index (Phi) is 5.24. The van der Waals surface area contributed by atoms with Crippen LogP contribution in [0.3, 0.4) is 0 Å². The monoisotopic (exact) mass is 385 g/mol. The van der Waals surface area contributed by atoms with E-state index in [1.807, 2.05) is 73.0 Å². The number of anilines is 1. The highest BCUT2D eigenvalue weighted by atomic mass is 16.2. The Balaban J connectivity index is 1.48. The van der Waals surface area contributed by atoms with Crippen LogP contribution in [-0.4, -0.2) is 27.1 Å². The molecule has 0 fully saturated rings. The van der Waals surface area contributed by atoms with E-state index in [0.717, 1.165) is 39.5 Å². The smallest absolute Gasteiger partial charge is 0.319 e. The second-order valence-electron chi connectivity index (χ2n) is 7.05. The summed E-state index contributed by atoms with van der Waals surface area (Å²) < 4.78 is 2.04. The third kappa shape index (κ3) is 4.27. The van der Waals surface area contributed by atoms with Crippen molar-refractivity contribution in [2.24, 2.45) is 0 Å². The first-order valence-corrected chi connectivity index (χ1v) is 9.61. The summed E-state index contributed by atoms with van der Waals surface area (Å²) in [7, 11) is 0. The maximum absolute atomic E-state index is 12.3. The van der Waals surface area contributed by atoms with Crippen LogP contribution in [0.5, 0.6) is 0 Å². The van der Waals surface area contributed by atoms with E-state index in [0.29, 0.717) is 13.0 Å². The van der Waals surface area contributed by atoms with E-state index in [1.165, 1.54) is 0 Å². The summed E-state index contributed by atoms with van der Waals surface area (Å²) in [5, 5.41) is 5.81. The van der Waals surface area contributed by atoms with Crippen molar-refractivity contribution in [1.29, 1.82) is 0 Å². The van der Waals surface area contributed by atoms with Gasteiger partial charge in [-0.15, -0.1) is 0 Å². The lowest BCUT2D eigenvalue weighted by molar-refractivity contribution is 0.252. The number of rotatable bonds is 5. The highest BCUT2D eigenvalue weighted by molar-refractivity contribution is 5.89. The zero-order chi connectivity index (χ0) is 20.2. The fourth-order valence-corrected chi connectivity index (χ4v) is 3.49. The first kappa shape index (κ1) is 18.7. The molecule has 2 aromatic carbocycles. The third-order valence-electron chi connectivity index (χ3n) is 4.61. The molecule has 0 atom stereocenters. The molecule has 2 aromatic heterocycles. The molecule has 0 aliphatic rings. The number of fused-ring (bicyclic) bond motifs is 1. The van der Waals surface area contributed by atoms with Gasteiger partial charge in [-0.1, -0.05) is 24.3 Å². The van der Waals surface area contributed by atoms with Gasteiger partial charge in [-0.25, -0.2) is 14.8 Å². The van der Waals surface area contributed by atoms with Crippen LogP contribution in [0.15, 0.2) is 66.9 Å². The normalized spacial score (nSPS) is 10.8. The van der Waals surface area contributed by atoms with Gasteiger partial charge in [0.2, 0.25) is 0 Å². The summed E-state index contributed by atoms with van der Waals surface area (Å²) >= 11 is 0. The van der Waals surface area contributed by atoms with E-state index < -0.39 is 0 Å². The van der Waals surface area contributed by atoms with Gasteiger partial charge in [0.05, 0.1) is 0 Å². The number of imidazole rings is 1. The number of para-hydroxylation sites is 1. The summed E-state index contributed by atoms with van der Waals surface area (Å²) in [5.41, 5.74) is 5.68. The molecule has 6 nitrogen and oxygen atoms in total. The molecule has 29 heavy (non-hydrogen) atoms. The van der Waals surface area contributed by atoms with Crippen LogP contribution in [0.1, 0.15) is 17.0 Å². The number of amides is 2. The van der Waals surface area contributed by atoms with Crippen LogP contribution >= 0.6 is 0 Å². The molecule has 0 radical (unpaired) electrons. The quantitative estimate of drug-likeness (QED) is 0.535. The molecule has 0 unspecified atom stereocenters. The molecule has 4 rings (SSSR count). The lowest BCUT2D eigenvalue weighted by Gasteiger charge is -2.11. The predicted molar refractivity (Wildman–Crippen MR) is 116 cm³/mol. The Morgan fingerprint density at radius 1 is 1.00 bits per heavy atom. The van der Waals surface area contributed by atoms with Gasteiger partial charge in [-0.05, 0) is 61.4 Å². The van der Waals surface area contributed by atoms with Crippen molar-refractivity contribution in [3.05, 3.63) is 83.8 Å². The number of nitrogens with zero attached hydrogens (tertiary/aromatic N) is 3. The molecule has 0 aliphatic heterocycles. The number of aromatic nitrogens is 3. The molecular formula is C23H23N5O. The van der Waals surface area contributed by atoms with Gasteiger partial charge in [0.25, 0.3) is 0 Å². The number of pyridine rings is 1. The minimum absolute atomic E-state index is 0.226. The largest absolute Gasteiger partial charge is 0.337 e. The number of carbonyl (C=O) groups is 1. The highest BCUT2D eigenvalue weighted by Crippen LogP contribution is 2.20. The predicted octanol–water partition coefficient (Wildman–Crippen LogP) is 4.40. The summed E-state index contributed by atoms with van der Waals surface area (Å²) in [6, 6.07) is 19.6. The number of benzene rings is 2. The standard InChI is InChI=1S/C23H23N5O/c1-16-13-17(2)15-18(14-16)26-23(29)25-12-10-21-27-20-9-6-11-24-22(20)28(21)19-7-4-3-5-8-19/h3-9,11,13-15H,10,12H2,1-2H3,(H2,25,26,29). The maximum Gasteiger partial charge on any atom is 0.319 e. The highest BCUT2D eigenvalue weighted by Gasteiger charge is 2.13. The van der Waals surface area contributed by atoms with Crippen LogP contribution in [0.4, 0.5) is 10.5 Å². The fourth-order valence-electron chi connectivity index (χ4n) is 3.49. The minimum atomic E-state index is -0.226. The average Bonchev–Trinajstić information content (AvgIpc) is 3.06. The third-order valence-corrected chi connectivity index (χ3v) is 4.61. The number of nitrogens with one attached hydrogen (secondary N) is 2. The molecule has 0 aliphatic carbocycles. The van der Waals surface area contributed by atoms with E-state index in [-0.39, 0.29) is 6.03 Å². The van der Waals surface area contributed by atoms with Crippen molar-refractivity contribution < 1.29 is 4.79 Å². The first-order chi connectivity index (χ1) is 14.1. The molecule has 0 spiro atoms. The number of hydrogen-bond donors (Lipinski definition) is 2. The molecule has 2 heterocycles. The van der Waals surface area contributed by atoms with E-state index >= 15 is 0 Å². The molecule has 4 aromatic rings. The Morgan fingerprint density at radius 2 is 1.76 bits per heavy atom. The van der Waals surface area contributed by atoms with Crippen LogP contribution in [0, 0.1) is 13.8 Å². The minimum Gasteiger partial charge on any atom is -0.337 e. The van der Waals surface area contributed by atoms with Crippen molar-refractivity contribution in [3.63, 3.8) is 0 Å². The molecule has 2 amide bonds. The summed E-state index contributed by atoms with van der Waals surface area (Å²) in [4.78, 5) is 21.5. The van der Waals surface area contributed by atoms with E-state index in [9.17, 15) is 4.79 Å². The lowest BCUT2D eigenvalue weighted by atomic mass is 10.1. The molecule has 6 heteroatoms. The summed E-state index contributed by atoms with van der Waals surface area (Å²) in [6.07, 6.45) is 2.36. The second-order valence-corrected chi connectivity index (χ2v) is 7.05. The number of aryl methyl sites for hydroxylation is 2. The van der Waals surface area contributed by atoms with Gasteiger partial charge in [0.15, 0.2) is 5.65 Å². The number of hydrogen-bond acceptors (Lipinski definition) is 3. The van der Waals surface area contributed by atoms with Crippen molar-refractivity contribution in [3.8, 4) is 5.69 Å².